The number of hydrogen-bond donors (Lipinski definition) is 2. The van der Waals surface area contributed by atoms with Crippen LogP contribution < -0.4 is 10.6 Å². The molecule has 1 atom stereocenters. The predicted molar refractivity (Wildman–Crippen MR) is 92.1 cm³/mol. The lowest BCUT2D eigenvalue weighted by molar-refractivity contribution is -0.116. The molecule has 124 valence electrons. The van der Waals surface area contributed by atoms with Gasteiger partial charge < -0.3 is 15.1 Å². The monoisotopic (exact) mass is 335 g/mol. The van der Waals surface area contributed by atoms with Crippen LogP contribution in [0.15, 0.2) is 22.6 Å². The Bertz CT molecular complexity index is 690. The number of hydrogen-bond acceptors (Lipinski definition) is 4. The Kier molecular flexibility index (Phi) is 4.87. The summed E-state index contributed by atoms with van der Waals surface area (Å²) < 4.78 is 5.74. The first kappa shape index (κ1) is 16.3. The zero-order valence-electron chi connectivity index (χ0n) is 13.0. The minimum atomic E-state index is 0. The number of amides is 1. The molecule has 1 amide bonds. The summed E-state index contributed by atoms with van der Waals surface area (Å²) in [7, 11) is 0. The van der Waals surface area contributed by atoms with Gasteiger partial charge in [-0.05, 0) is 62.9 Å². The average Bonchev–Trinajstić information content (AvgIpc) is 3.08. The predicted octanol–water partition coefficient (Wildman–Crippen LogP) is 3.46. The van der Waals surface area contributed by atoms with Gasteiger partial charge in [0.25, 0.3) is 0 Å². The number of nitrogens with one attached hydrogen (secondary N) is 2. The van der Waals surface area contributed by atoms with E-state index in [-0.39, 0.29) is 18.3 Å². The van der Waals surface area contributed by atoms with E-state index < -0.39 is 0 Å². The van der Waals surface area contributed by atoms with Crippen molar-refractivity contribution in [1.82, 2.24) is 10.3 Å². The molecule has 2 aliphatic rings. The Labute approximate surface area is 141 Å². The molecule has 5 nitrogen and oxygen atoms in total. The van der Waals surface area contributed by atoms with Crippen LogP contribution in [0.2, 0.25) is 0 Å². The first-order chi connectivity index (χ1) is 10.8. The lowest BCUT2D eigenvalue weighted by atomic mass is 10.0. The van der Waals surface area contributed by atoms with Crippen LogP contribution in [0.3, 0.4) is 0 Å². The second kappa shape index (κ2) is 6.89. The number of benzene rings is 1. The molecule has 1 aromatic heterocycles. The second-order valence-corrected chi connectivity index (χ2v) is 6.45. The number of oxazole rings is 1. The van der Waals surface area contributed by atoms with Crippen molar-refractivity contribution < 1.29 is 9.21 Å². The molecule has 2 heterocycles. The Hall–Kier alpha value is -1.59. The standard InChI is InChI=1S/C17H21N3O2.ClH/c21-16(6-1-11-7-8-18-10-11)19-13-4-5-15-14(9-13)20-17(22-15)12-2-3-12;/h4-5,9,11-12,18H,1-3,6-8,10H2,(H,19,21);1H. The number of carbonyl (C=O) groups excluding carboxylic acids is 1. The van der Waals surface area contributed by atoms with Crippen LogP contribution in [0.5, 0.6) is 0 Å². The van der Waals surface area contributed by atoms with E-state index in [0.717, 1.165) is 42.2 Å². The van der Waals surface area contributed by atoms with E-state index in [2.05, 4.69) is 15.6 Å². The SMILES string of the molecule is Cl.O=C(CCC1CCNC1)Nc1ccc2oc(C3CC3)nc2c1. The summed E-state index contributed by atoms with van der Waals surface area (Å²) in [5, 5.41) is 6.30. The van der Waals surface area contributed by atoms with Crippen molar-refractivity contribution in [2.75, 3.05) is 18.4 Å². The summed E-state index contributed by atoms with van der Waals surface area (Å²) in [6.07, 6.45) is 5.06. The van der Waals surface area contributed by atoms with Gasteiger partial charge in [0.15, 0.2) is 11.5 Å². The first-order valence-electron chi connectivity index (χ1n) is 8.19. The molecule has 1 unspecified atom stereocenters. The van der Waals surface area contributed by atoms with E-state index >= 15 is 0 Å². The van der Waals surface area contributed by atoms with Gasteiger partial charge in [0.1, 0.15) is 5.52 Å². The highest BCUT2D eigenvalue weighted by atomic mass is 35.5. The maximum absolute atomic E-state index is 12.1. The van der Waals surface area contributed by atoms with Gasteiger partial charge in [-0.25, -0.2) is 4.98 Å². The average molecular weight is 336 g/mol. The molecule has 1 aliphatic heterocycles. The van der Waals surface area contributed by atoms with E-state index in [4.69, 9.17) is 4.42 Å². The van der Waals surface area contributed by atoms with Crippen LogP contribution in [0, 0.1) is 5.92 Å². The number of halogens is 1. The molecule has 1 saturated heterocycles. The second-order valence-electron chi connectivity index (χ2n) is 6.45. The number of nitrogens with zero attached hydrogens (tertiary/aromatic N) is 1. The van der Waals surface area contributed by atoms with Crippen LogP contribution in [-0.4, -0.2) is 24.0 Å². The molecule has 1 aromatic carbocycles. The third kappa shape index (κ3) is 3.85. The highest BCUT2D eigenvalue weighted by Crippen LogP contribution is 2.40. The van der Waals surface area contributed by atoms with Gasteiger partial charge >= 0.3 is 0 Å². The fraction of sp³-hybridized carbons (Fsp3) is 0.529. The third-order valence-corrected chi connectivity index (χ3v) is 4.56. The lowest BCUT2D eigenvalue weighted by Crippen LogP contribution is -2.14. The zero-order chi connectivity index (χ0) is 14.9. The molecule has 2 fully saturated rings. The van der Waals surface area contributed by atoms with E-state index in [0.29, 0.717) is 18.3 Å². The minimum Gasteiger partial charge on any atom is -0.440 e. The zero-order valence-corrected chi connectivity index (χ0v) is 13.8. The Morgan fingerprint density at radius 2 is 2.22 bits per heavy atom. The minimum absolute atomic E-state index is 0. The lowest BCUT2D eigenvalue weighted by Gasteiger charge is -2.08. The Morgan fingerprint density at radius 1 is 1.35 bits per heavy atom. The molecule has 6 heteroatoms. The number of aromatic nitrogens is 1. The quantitative estimate of drug-likeness (QED) is 0.878. The number of fused-ring (bicyclic) bond motifs is 1. The molecule has 0 spiro atoms. The Morgan fingerprint density at radius 3 is 2.96 bits per heavy atom. The summed E-state index contributed by atoms with van der Waals surface area (Å²) in [6, 6.07) is 5.68. The van der Waals surface area contributed by atoms with Crippen LogP contribution in [-0.2, 0) is 4.79 Å². The topological polar surface area (TPSA) is 67.2 Å². The van der Waals surface area contributed by atoms with Gasteiger partial charge in [-0.3, -0.25) is 4.79 Å². The maximum Gasteiger partial charge on any atom is 0.224 e. The molecule has 0 radical (unpaired) electrons. The molecule has 2 N–H and O–H groups in total. The van der Waals surface area contributed by atoms with Crippen LogP contribution in [0.25, 0.3) is 11.1 Å². The maximum atomic E-state index is 12.1. The van der Waals surface area contributed by atoms with E-state index in [1.165, 1.54) is 19.3 Å². The van der Waals surface area contributed by atoms with Crippen molar-refractivity contribution in [3.63, 3.8) is 0 Å². The van der Waals surface area contributed by atoms with Crippen molar-refractivity contribution in [2.45, 2.75) is 38.0 Å². The highest BCUT2D eigenvalue weighted by Gasteiger charge is 2.28. The Balaban J connectivity index is 0.00000156. The van der Waals surface area contributed by atoms with Gasteiger partial charge in [-0.1, -0.05) is 0 Å². The highest BCUT2D eigenvalue weighted by molar-refractivity contribution is 5.92. The van der Waals surface area contributed by atoms with Gasteiger partial charge in [0.2, 0.25) is 5.91 Å². The summed E-state index contributed by atoms with van der Waals surface area (Å²) >= 11 is 0. The van der Waals surface area contributed by atoms with Crippen LogP contribution >= 0.6 is 12.4 Å². The number of carbonyl (C=O) groups is 1. The molecule has 23 heavy (non-hydrogen) atoms. The van der Waals surface area contributed by atoms with Crippen LogP contribution in [0.4, 0.5) is 5.69 Å². The fourth-order valence-electron chi connectivity index (χ4n) is 3.05. The van der Waals surface area contributed by atoms with Crippen molar-refractivity contribution >= 4 is 35.1 Å². The van der Waals surface area contributed by atoms with E-state index in [9.17, 15) is 4.79 Å². The molecule has 1 aliphatic carbocycles. The van der Waals surface area contributed by atoms with Crippen molar-refractivity contribution in [2.24, 2.45) is 5.92 Å². The molecule has 2 aromatic rings. The summed E-state index contributed by atoms with van der Waals surface area (Å²) in [6.45, 7) is 2.13. The molecule has 0 bridgehead atoms. The van der Waals surface area contributed by atoms with Gasteiger partial charge in [0.05, 0.1) is 0 Å². The van der Waals surface area contributed by atoms with Gasteiger partial charge in [0, 0.05) is 18.0 Å². The summed E-state index contributed by atoms with van der Waals surface area (Å²) in [5.74, 6) is 2.07. The molecule has 1 saturated carbocycles. The van der Waals surface area contributed by atoms with Crippen molar-refractivity contribution in [3.05, 3.63) is 24.1 Å². The summed E-state index contributed by atoms with van der Waals surface area (Å²) in [4.78, 5) is 16.6. The van der Waals surface area contributed by atoms with Gasteiger partial charge in [-0.15, -0.1) is 12.4 Å². The van der Waals surface area contributed by atoms with E-state index in [1.54, 1.807) is 0 Å². The largest absolute Gasteiger partial charge is 0.440 e. The summed E-state index contributed by atoms with van der Waals surface area (Å²) in [5.41, 5.74) is 2.44. The van der Waals surface area contributed by atoms with Crippen LogP contribution in [0.1, 0.15) is 43.9 Å². The molecular weight excluding hydrogens is 314 g/mol. The molecule has 4 rings (SSSR count). The fourth-order valence-corrected chi connectivity index (χ4v) is 3.05. The number of anilines is 1. The molecular formula is C17H22ClN3O2. The van der Waals surface area contributed by atoms with E-state index in [1.807, 2.05) is 18.2 Å². The normalized spacial score (nSPS) is 20.4. The van der Waals surface area contributed by atoms with Gasteiger partial charge in [-0.2, -0.15) is 0 Å². The smallest absolute Gasteiger partial charge is 0.224 e. The number of rotatable bonds is 5. The van der Waals surface area contributed by atoms with Crippen molar-refractivity contribution in [3.8, 4) is 0 Å². The van der Waals surface area contributed by atoms with Crippen molar-refractivity contribution in [1.29, 1.82) is 0 Å². The third-order valence-electron chi connectivity index (χ3n) is 4.56. The first-order valence-corrected chi connectivity index (χ1v) is 8.19.